The van der Waals surface area contributed by atoms with Gasteiger partial charge >= 0.3 is 0 Å². The van der Waals surface area contributed by atoms with Crippen molar-refractivity contribution in [1.82, 2.24) is 4.57 Å². The molecule has 0 atom stereocenters. The summed E-state index contributed by atoms with van der Waals surface area (Å²) in [6.45, 7) is 2.09. The molecule has 0 spiro atoms. The predicted octanol–water partition coefficient (Wildman–Crippen LogP) is 1.11. The quantitative estimate of drug-likeness (QED) is 0.806. The maximum absolute atomic E-state index is 11.8. The maximum atomic E-state index is 11.8. The van der Waals surface area contributed by atoms with Crippen LogP contribution >= 0.6 is 0 Å². The van der Waals surface area contributed by atoms with Crippen molar-refractivity contribution < 1.29 is 4.74 Å². The minimum atomic E-state index is -0.695. The normalized spacial score (nSPS) is 10.7. The number of benzene rings is 1. The van der Waals surface area contributed by atoms with Crippen LogP contribution in [0.2, 0.25) is 0 Å². The van der Waals surface area contributed by atoms with Crippen LogP contribution in [0.1, 0.15) is 17.5 Å². The summed E-state index contributed by atoms with van der Waals surface area (Å²) in [6, 6.07) is 11.0. The Morgan fingerprint density at radius 3 is 2.53 bits per heavy atom. The van der Waals surface area contributed by atoms with Gasteiger partial charge in [0.1, 0.15) is 12.9 Å². The van der Waals surface area contributed by atoms with Gasteiger partial charge in [-0.3, -0.25) is 16.3 Å². The summed E-state index contributed by atoms with van der Waals surface area (Å²) in [7, 11) is 0. The molecule has 1 aromatic heterocycles. The lowest BCUT2D eigenvalue weighted by Crippen LogP contribution is -2.30. The molecule has 5 nitrogen and oxygen atoms in total. The lowest BCUT2D eigenvalue weighted by Gasteiger charge is -2.17. The molecule has 0 aliphatic carbocycles. The molecule has 1 heterocycles. The highest BCUT2D eigenvalue weighted by atomic mass is 16.5. The molecule has 0 amide bonds. The fourth-order valence-electron chi connectivity index (χ4n) is 1.86. The standard InChI is InChI=1S/C14H17N3O2/c1-10-13(12(18)7-8-17(10)14(15)16)19-9-11-5-3-2-4-6-11/h2-8,14H,9,15-16H2,1H3. The fraction of sp³-hybridized carbons (Fsp3) is 0.214. The van der Waals surface area contributed by atoms with E-state index in [2.05, 4.69) is 0 Å². The Hall–Kier alpha value is -2.11. The molecule has 0 aliphatic rings. The summed E-state index contributed by atoms with van der Waals surface area (Å²) < 4.78 is 7.20. The molecular weight excluding hydrogens is 242 g/mol. The predicted molar refractivity (Wildman–Crippen MR) is 73.6 cm³/mol. The van der Waals surface area contributed by atoms with E-state index < -0.39 is 6.29 Å². The van der Waals surface area contributed by atoms with E-state index in [0.29, 0.717) is 12.3 Å². The third kappa shape index (κ3) is 3.01. The highest BCUT2D eigenvalue weighted by Crippen LogP contribution is 2.14. The first-order valence-electron chi connectivity index (χ1n) is 5.99. The van der Waals surface area contributed by atoms with Gasteiger partial charge in [0.05, 0.1) is 5.69 Å². The number of pyridine rings is 1. The topological polar surface area (TPSA) is 83.3 Å². The molecule has 0 radical (unpaired) electrons. The van der Waals surface area contributed by atoms with Crippen LogP contribution in [0.4, 0.5) is 0 Å². The Kier molecular flexibility index (Phi) is 3.99. The molecular formula is C14H17N3O2. The van der Waals surface area contributed by atoms with Gasteiger partial charge in [-0.1, -0.05) is 30.3 Å². The van der Waals surface area contributed by atoms with Gasteiger partial charge in [-0.15, -0.1) is 0 Å². The van der Waals surface area contributed by atoms with E-state index in [0.717, 1.165) is 5.56 Å². The van der Waals surface area contributed by atoms with Gasteiger partial charge in [-0.25, -0.2) is 0 Å². The highest BCUT2D eigenvalue weighted by molar-refractivity contribution is 5.28. The first kappa shape index (κ1) is 13.3. The minimum Gasteiger partial charge on any atom is -0.483 e. The van der Waals surface area contributed by atoms with Crippen LogP contribution in [0.3, 0.4) is 0 Å². The van der Waals surface area contributed by atoms with Crippen molar-refractivity contribution >= 4 is 0 Å². The van der Waals surface area contributed by atoms with Crippen molar-refractivity contribution in [3.05, 3.63) is 64.1 Å². The molecule has 100 valence electrons. The Morgan fingerprint density at radius 1 is 1.21 bits per heavy atom. The van der Waals surface area contributed by atoms with E-state index in [1.165, 1.54) is 6.07 Å². The van der Waals surface area contributed by atoms with E-state index in [9.17, 15) is 4.79 Å². The van der Waals surface area contributed by atoms with Gasteiger partial charge in [0, 0.05) is 12.3 Å². The average Bonchev–Trinajstić information content (AvgIpc) is 2.39. The first-order chi connectivity index (χ1) is 9.09. The molecule has 19 heavy (non-hydrogen) atoms. The zero-order valence-corrected chi connectivity index (χ0v) is 10.7. The van der Waals surface area contributed by atoms with E-state index in [-0.39, 0.29) is 11.2 Å². The summed E-state index contributed by atoms with van der Waals surface area (Å²) in [6.07, 6.45) is 0.872. The number of nitrogens with zero attached hydrogens (tertiary/aromatic N) is 1. The fourth-order valence-corrected chi connectivity index (χ4v) is 1.86. The highest BCUT2D eigenvalue weighted by Gasteiger charge is 2.10. The monoisotopic (exact) mass is 259 g/mol. The third-order valence-corrected chi connectivity index (χ3v) is 2.87. The molecule has 5 heteroatoms. The largest absolute Gasteiger partial charge is 0.483 e. The molecule has 0 bridgehead atoms. The number of aromatic nitrogens is 1. The van der Waals surface area contributed by atoms with Crippen molar-refractivity contribution in [1.29, 1.82) is 0 Å². The third-order valence-electron chi connectivity index (χ3n) is 2.87. The van der Waals surface area contributed by atoms with E-state index >= 15 is 0 Å². The number of hydrogen-bond acceptors (Lipinski definition) is 4. The van der Waals surface area contributed by atoms with Gasteiger partial charge in [0.15, 0.2) is 5.75 Å². The summed E-state index contributed by atoms with van der Waals surface area (Å²) in [4.78, 5) is 11.8. The second kappa shape index (κ2) is 5.69. The van der Waals surface area contributed by atoms with Gasteiger partial charge in [-0.2, -0.15) is 0 Å². The zero-order valence-electron chi connectivity index (χ0n) is 10.7. The average molecular weight is 259 g/mol. The van der Waals surface area contributed by atoms with Gasteiger partial charge in [0.25, 0.3) is 0 Å². The lowest BCUT2D eigenvalue weighted by molar-refractivity contribution is 0.295. The SMILES string of the molecule is Cc1c(OCc2ccccc2)c(=O)ccn1C(N)N. The van der Waals surface area contributed by atoms with Crippen molar-refractivity contribution in [3.63, 3.8) is 0 Å². The molecule has 0 fully saturated rings. The van der Waals surface area contributed by atoms with Crippen LogP contribution in [0.15, 0.2) is 47.4 Å². The Bertz CT molecular complexity index is 606. The number of ether oxygens (including phenoxy) is 1. The van der Waals surface area contributed by atoms with Crippen LogP contribution in [0.25, 0.3) is 0 Å². The molecule has 0 aliphatic heterocycles. The smallest absolute Gasteiger partial charge is 0.223 e. The molecule has 0 saturated carbocycles. The number of rotatable bonds is 4. The van der Waals surface area contributed by atoms with Crippen LogP contribution in [-0.4, -0.2) is 4.57 Å². The maximum Gasteiger partial charge on any atom is 0.223 e. The summed E-state index contributed by atoms with van der Waals surface area (Å²) in [5.41, 5.74) is 12.7. The van der Waals surface area contributed by atoms with E-state index in [4.69, 9.17) is 16.2 Å². The van der Waals surface area contributed by atoms with Crippen LogP contribution in [0, 0.1) is 6.92 Å². The van der Waals surface area contributed by atoms with Crippen molar-refractivity contribution in [3.8, 4) is 5.75 Å². The number of hydrogen-bond donors (Lipinski definition) is 2. The van der Waals surface area contributed by atoms with Crippen molar-refractivity contribution in [2.75, 3.05) is 0 Å². The molecule has 1 aromatic carbocycles. The molecule has 0 saturated heterocycles. The molecule has 2 rings (SSSR count). The summed E-state index contributed by atoms with van der Waals surface area (Å²) >= 11 is 0. The molecule has 0 unspecified atom stereocenters. The second-order valence-electron chi connectivity index (χ2n) is 4.27. The van der Waals surface area contributed by atoms with Crippen molar-refractivity contribution in [2.24, 2.45) is 11.5 Å². The lowest BCUT2D eigenvalue weighted by atomic mass is 10.2. The minimum absolute atomic E-state index is 0.176. The summed E-state index contributed by atoms with van der Waals surface area (Å²) in [5.74, 6) is 0.284. The molecule has 4 N–H and O–H groups in total. The Labute approximate surface area is 111 Å². The molecule has 2 aromatic rings. The Balaban J connectivity index is 2.25. The van der Waals surface area contributed by atoms with Crippen LogP contribution in [-0.2, 0) is 6.61 Å². The summed E-state index contributed by atoms with van der Waals surface area (Å²) in [5, 5.41) is 0. The van der Waals surface area contributed by atoms with E-state index in [1.54, 1.807) is 17.7 Å². The van der Waals surface area contributed by atoms with Crippen molar-refractivity contribution in [2.45, 2.75) is 19.8 Å². The van der Waals surface area contributed by atoms with Gasteiger partial charge in [-0.05, 0) is 12.5 Å². The number of nitrogens with two attached hydrogens (primary N) is 2. The Morgan fingerprint density at radius 2 is 1.89 bits per heavy atom. The van der Waals surface area contributed by atoms with Crippen LogP contribution < -0.4 is 21.6 Å². The zero-order chi connectivity index (χ0) is 13.8. The van der Waals surface area contributed by atoms with E-state index in [1.807, 2.05) is 30.3 Å². The van der Waals surface area contributed by atoms with Gasteiger partial charge in [0.2, 0.25) is 5.43 Å². The second-order valence-corrected chi connectivity index (χ2v) is 4.27. The van der Waals surface area contributed by atoms with Crippen LogP contribution in [0.5, 0.6) is 5.75 Å². The first-order valence-corrected chi connectivity index (χ1v) is 5.99. The van der Waals surface area contributed by atoms with Gasteiger partial charge < -0.3 is 9.30 Å².